The van der Waals surface area contributed by atoms with Crippen molar-refractivity contribution in [2.24, 2.45) is 0 Å². The number of aromatic nitrogens is 2. The van der Waals surface area contributed by atoms with E-state index in [1.54, 1.807) is 7.11 Å². The van der Waals surface area contributed by atoms with Crippen LogP contribution in [0, 0.1) is 0 Å². The molecule has 1 unspecified atom stereocenters. The van der Waals surface area contributed by atoms with E-state index in [-0.39, 0.29) is 12.4 Å². The van der Waals surface area contributed by atoms with Gasteiger partial charge in [-0.1, -0.05) is 36.4 Å². The largest absolute Gasteiger partial charge is 0.385 e. The second-order valence-electron chi connectivity index (χ2n) is 7.55. The highest BCUT2D eigenvalue weighted by Gasteiger charge is 2.25. The molecule has 0 aliphatic heterocycles. The third kappa shape index (κ3) is 3.49. The summed E-state index contributed by atoms with van der Waals surface area (Å²) in [5.74, 6) is 0.387. The smallest absolute Gasteiger partial charge is 0.100 e. The number of hydrogen-bond donors (Lipinski definition) is 1. The van der Waals surface area contributed by atoms with E-state index >= 15 is 0 Å². The van der Waals surface area contributed by atoms with Crippen LogP contribution in [0.2, 0.25) is 0 Å². The molecule has 27 heavy (non-hydrogen) atoms. The lowest BCUT2D eigenvalue weighted by atomic mass is 9.88. The van der Waals surface area contributed by atoms with Gasteiger partial charge >= 0.3 is 0 Å². The summed E-state index contributed by atoms with van der Waals surface area (Å²) < 4.78 is 7.39. The summed E-state index contributed by atoms with van der Waals surface area (Å²) in [5.41, 5.74) is 6.29. The highest BCUT2D eigenvalue weighted by Crippen LogP contribution is 2.36. The number of benzene rings is 2. The number of ether oxygens (including phenoxy) is 1. The number of halogens is 1. The van der Waals surface area contributed by atoms with E-state index in [1.165, 1.54) is 40.4 Å². The van der Waals surface area contributed by atoms with Gasteiger partial charge in [-0.3, -0.25) is 4.68 Å². The Morgan fingerprint density at radius 2 is 1.89 bits per heavy atom. The fourth-order valence-corrected chi connectivity index (χ4v) is 4.02. The van der Waals surface area contributed by atoms with Crippen LogP contribution >= 0.6 is 12.4 Å². The van der Waals surface area contributed by atoms with Gasteiger partial charge in [-0.05, 0) is 36.5 Å². The Morgan fingerprint density at radius 1 is 1.11 bits per heavy atom. The summed E-state index contributed by atoms with van der Waals surface area (Å²) in [7, 11) is 1.76. The number of methoxy groups -OCH3 is 1. The van der Waals surface area contributed by atoms with Crippen molar-refractivity contribution >= 4 is 23.3 Å². The fraction of sp³-hybridized carbons (Fsp3) is 0.409. The highest BCUT2D eigenvalue weighted by molar-refractivity contribution is 5.94. The molecule has 3 aromatic rings. The van der Waals surface area contributed by atoms with Gasteiger partial charge in [0.25, 0.3) is 0 Å². The molecular formula is C22H26ClN3O. The molecule has 1 N–H and O–H groups in total. The van der Waals surface area contributed by atoms with E-state index in [4.69, 9.17) is 9.84 Å². The predicted molar refractivity (Wildman–Crippen MR) is 112 cm³/mol. The summed E-state index contributed by atoms with van der Waals surface area (Å²) in [6.45, 7) is 2.65. The molecule has 8 rings (SSSR count). The van der Waals surface area contributed by atoms with E-state index in [9.17, 15) is 0 Å². The Morgan fingerprint density at radius 3 is 2.63 bits per heavy atom. The standard InChI is InChI=1S/C22H25N3O.ClH/c1-26-12-2-11-25-21-13-17-7-10-19(21)22(24-25)16-5-3-15(4-6-16)20(17)14-23-18-8-9-18;/h3-7,10,13,18,20,23H,2,8-9,11-12,14H2,1H3;1H. The van der Waals surface area contributed by atoms with Crippen LogP contribution < -0.4 is 5.32 Å². The normalized spacial score (nSPS) is 17.6. The third-order valence-electron chi connectivity index (χ3n) is 5.67. The molecule has 1 atom stereocenters. The van der Waals surface area contributed by atoms with Gasteiger partial charge in [-0.2, -0.15) is 5.10 Å². The molecule has 142 valence electrons. The second kappa shape index (κ2) is 7.63. The lowest BCUT2D eigenvalue weighted by Crippen LogP contribution is -2.24. The molecule has 0 radical (unpaired) electrons. The minimum absolute atomic E-state index is 0. The molecule has 0 saturated heterocycles. The maximum Gasteiger partial charge on any atom is 0.100 e. The first-order valence-corrected chi connectivity index (χ1v) is 9.66. The number of hydrogen-bond acceptors (Lipinski definition) is 3. The average Bonchev–Trinajstić information content (AvgIpc) is 3.44. The molecule has 5 aliphatic carbocycles. The Balaban J connectivity index is 0.00000180. The zero-order chi connectivity index (χ0) is 17.5. The minimum atomic E-state index is 0. The van der Waals surface area contributed by atoms with Gasteiger partial charge in [-0.15, -0.1) is 12.4 Å². The quantitative estimate of drug-likeness (QED) is 0.616. The zero-order valence-corrected chi connectivity index (χ0v) is 16.5. The molecule has 1 aromatic heterocycles. The lowest BCUT2D eigenvalue weighted by Gasteiger charge is -2.20. The average molecular weight is 384 g/mol. The molecule has 1 fully saturated rings. The second-order valence-corrected chi connectivity index (χ2v) is 7.55. The Hall–Kier alpha value is -1.88. The van der Waals surface area contributed by atoms with Crippen molar-refractivity contribution < 1.29 is 4.74 Å². The topological polar surface area (TPSA) is 39.1 Å². The maximum atomic E-state index is 5.23. The summed E-state index contributed by atoms with van der Waals surface area (Å²) >= 11 is 0. The van der Waals surface area contributed by atoms with Crippen LogP contribution in [0.3, 0.4) is 0 Å². The highest BCUT2D eigenvalue weighted by atomic mass is 35.5. The summed E-state index contributed by atoms with van der Waals surface area (Å²) in [6.07, 6.45) is 3.61. The van der Waals surface area contributed by atoms with Crippen LogP contribution in [0.25, 0.3) is 22.2 Å². The number of rotatable bonds is 7. The predicted octanol–water partition coefficient (Wildman–Crippen LogP) is 4.36. The Labute approximate surface area is 166 Å². The van der Waals surface area contributed by atoms with Gasteiger partial charge in [0, 0.05) is 49.7 Å². The van der Waals surface area contributed by atoms with Crippen LogP contribution in [-0.2, 0) is 11.3 Å². The van der Waals surface area contributed by atoms with Crippen LogP contribution in [0.5, 0.6) is 0 Å². The van der Waals surface area contributed by atoms with Gasteiger partial charge in [0.15, 0.2) is 0 Å². The summed E-state index contributed by atoms with van der Waals surface area (Å²) in [6, 6.07) is 16.7. The van der Waals surface area contributed by atoms with Crippen LogP contribution in [-0.4, -0.2) is 36.1 Å². The Kier molecular flexibility index (Phi) is 5.22. The van der Waals surface area contributed by atoms with E-state index in [2.05, 4.69) is 52.5 Å². The van der Waals surface area contributed by atoms with Crippen molar-refractivity contribution in [3.63, 3.8) is 0 Å². The molecule has 5 aliphatic rings. The molecule has 0 spiro atoms. The van der Waals surface area contributed by atoms with Gasteiger partial charge in [0.05, 0.1) is 5.52 Å². The van der Waals surface area contributed by atoms with Crippen molar-refractivity contribution in [3.8, 4) is 11.3 Å². The molecule has 1 heterocycles. The van der Waals surface area contributed by atoms with Crippen molar-refractivity contribution in [1.82, 2.24) is 15.1 Å². The van der Waals surface area contributed by atoms with Crippen molar-refractivity contribution in [3.05, 3.63) is 53.6 Å². The number of nitrogens with zero attached hydrogens (tertiary/aromatic N) is 2. The van der Waals surface area contributed by atoms with Crippen LogP contribution in [0.15, 0.2) is 42.5 Å². The van der Waals surface area contributed by atoms with E-state index < -0.39 is 0 Å². The molecule has 0 amide bonds. The molecule has 2 aromatic carbocycles. The SMILES string of the molecule is COCCCn1nc2c3ccc(cc31)C(CNC1CC1)c1ccc-2cc1.Cl. The molecular weight excluding hydrogens is 358 g/mol. The van der Waals surface area contributed by atoms with Crippen molar-refractivity contribution in [1.29, 1.82) is 0 Å². The first-order valence-electron chi connectivity index (χ1n) is 9.66. The number of aryl methyl sites for hydroxylation is 1. The summed E-state index contributed by atoms with van der Waals surface area (Å²) in [4.78, 5) is 0. The minimum Gasteiger partial charge on any atom is -0.385 e. The van der Waals surface area contributed by atoms with Gasteiger partial charge < -0.3 is 10.1 Å². The first kappa shape index (κ1) is 18.5. The molecule has 4 nitrogen and oxygen atoms in total. The van der Waals surface area contributed by atoms with Gasteiger partial charge in [0.2, 0.25) is 0 Å². The number of nitrogens with one attached hydrogen (secondary N) is 1. The van der Waals surface area contributed by atoms with E-state index in [0.717, 1.165) is 37.9 Å². The monoisotopic (exact) mass is 383 g/mol. The zero-order valence-electron chi connectivity index (χ0n) is 15.6. The van der Waals surface area contributed by atoms with Crippen LogP contribution in [0.4, 0.5) is 0 Å². The first-order chi connectivity index (χ1) is 12.8. The van der Waals surface area contributed by atoms with Crippen molar-refractivity contribution in [2.75, 3.05) is 20.3 Å². The van der Waals surface area contributed by atoms with Gasteiger partial charge in [0.1, 0.15) is 5.69 Å². The van der Waals surface area contributed by atoms with Gasteiger partial charge in [-0.25, -0.2) is 0 Å². The third-order valence-corrected chi connectivity index (χ3v) is 5.67. The molecule has 6 bridgehead atoms. The maximum absolute atomic E-state index is 5.23. The molecule has 1 saturated carbocycles. The van der Waals surface area contributed by atoms with Crippen molar-refractivity contribution in [2.45, 2.75) is 37.8 Å². The molecule has 5 heteroatoms. The van der Waals surface area contributed by atoms with E-state index in [0.29, 0.717) is 5.92 Å². The Bertz CT molecular complexity index is 931. The summed E-state index contributed by atoms with van der Waals surface area (Å²) in [5, 5.41) is 9.92. The van der Waals surface area contributed by atoms with E-state index in [1.807, 2.05) is 0 Å². The van der Waals surface area contributed by atoms with Crippen LogP contribution in [0.1, 0.15) is 36.3 Å². The fourth-order valence-electron chi connectivity index (χ4n) is 4.02. The lowest BCUT2D eigenvalue weighted by molar-refractivity contribution is 0.189.